The van der Waals surface area contributed by atoms with Crippen LogP contribution >= 0.6 is 0 Å². The Labute approximate surface area is 136 Å². The maximum atomic E-state index is 12.0. The highest BCUT2D eigenvalue weighted by atomic mass is 32.2. The first-order chi connectivity index (χ1) is 10.8. The van der Waals surface area contributed by atoms with Crippen LogP contribution in [-0.2, 0) is 21.2 Å². The van der Waals surface area contributed by atoms with Crippen LogP contribution in [0.4, 0.5) is 5.69 Å². The van der Waals surface area contributed by atoms with E-state index in [0.717, 1.165) is 30.1 Å². The van der Waals surface area contributed by atoms with Gasteiger partial charge in [0.15, 0.2) is 0 Å². The van der Waals surface area contributed by atoms with Gasteiger partial charge in [0.1, 0.15) is 9.84 Å². The number of carbonyl (C=O) groups is 1. The zero-order valence-corrected chi connectivity index (χ0v) is 14.3. The molecule has 6 nitrogen and oxygen atoms in total. The summed E-state index contributed by atoms with van der Waals surface area (Å²) in [6.07, 6.45) is 4.32. The molecule has 1 heterocycles. The monoisotopic (exact) mass is 337 g/mol. The Morgan fingerprint density at radius 2 is 2.09 bits per heavy atom. The van der Waals surface area contributed by atoms with Gasteiger partial charge in [-0.15, -0.1) is 0 Å². The molecule has 1 amide bonds. The number of benzene rings is 1. The molecule has 1 unspecified atom stereocenters. The summed E-state index contributed by atoms with van der Waals surface area (Å²) in [7, 11) is -3.12. The second-order valence-electron chi connectivity index (χ2n) is 5.80. The number of amides is 1. The molecule has 1 atom stereocenters. The van der Waals surface area contributed by atoms with Crippen LogP contribution in [0.2, 0.25) is 0 Å². The summed E-state index contributed by atoms with van der Waals surface area (Å²) >= 11 is 0. The molecule has 1 aromatic carbocycles. The van der Waals surface area contributed by atoms with Gasteiger partial charge in [-0.05, 0) is 37.1 Å². The molecule has 0 saturated carbocycles. The molecule has 0 saturated heterocycles. The van der Waals surface area contributed by atoms with Crippen molar-refractivity contribution >= 4 is 32.3 Å². The first-order valence-corrected chi connectivity index (χ1v) is 9.69. The zero-order chi connectivity index (χ0) is 17.0. The van der Waals surface area contributed by atoms with E-state index in [-0.39, 0.29) is 18.1 Å². The average Bonchev–Trinajstić information content (AvgIpc) is 2.87. The summed E-state index contributed by atoms with van der Waals surface area (Å²) in [5, 5.41) is 3.79. The first-order valence-electron chi connectivity index (χ1n) is 7.63. The predicted molar refractivity (Wildman–Crippen MR) is 93.2 cm³/mol. The molecule has 2 rings (SSSR count). The van der Waals surface area contributed by atoms with E-state index in [1.807, 2.05) is 30.5 Å². The molecule has 0 aliphatic heterocycles. The molecule has 7 heteroatoms. The third kappa shape index (κ3) is 4.80. The number of hydrogen-bond acceptors (Lipinski definition) is 4. The maximum absolute atomic E-state index is 12.0. The summed E-state index contributed by atoms with van der Waals surface area (Å²) in [6.45, 7) is 3.07. The number of nitrogens with two attached hydrogens (primary N) is 1. The van der Waals surface area contributed by atoms with Crippen molar-refractivity contribution in [2.75, 3.05) is 17.3 Å². The van der Waals surface area contributed by atoms with Crippen molar-refractivity contribution in [2.24, 2.45) is 5.73 Å². The summed E-state index contributed by atoms with van der Waals surface area (Å²) in [4.78, 5) is 12.0. The quantitative estimate of drug-likeness (QED) is 0.805. The van der Waals surface area contributed by atoms with Crippen molar-refractivity contribution in [3.8, 4) is 0 Å². The number of nitrogens with one attached hydrogen (secondary N) is 1. The van der Waals surface area contributed by atoms with Crippen LogP contribution in [0, 0.1) is 0 Å². The lowest BCUT2D eigenvalue weighted by Crippen LogP contribution is -2.37. The molecule has 3 N–H and O–H groups in total. The van der Waals surface area contributed by atoms with Crippen molar-refractivity contribution in [2.45, 2.75) is 32.4 Å². The number of aromatic nitrogens is 1. The van der Waals surface area contributed by atoms with Gasteiger partial charge in [0.25, 0.3) is 0 Å². The van der Waals surface area contributed by atoms with E-state index in [1.54, 1.807) is 0 Å². The Morgan fingerprint density at radius 3 is 2.74 bits per heavy atom. The van der Waals surface area contributed by atoms with E-state index in [1.165, 1.54) is 0 Å². The van der Waals surface area contributed by atoms with E-state index in [2.05, 4.69) is 16.8 Å². The van der Waals surface area contributed by atoms with Gasteiger partial charge in [-0.3, -0.25) is 4.79 Å². The van der Waals surface area contributed by atoms with Crippen LogP contribution in [0.1, 0.15) is 19.8 Å². The molecule has 0 fully saturated rings. The van der Waals surface area contributed by atoms with Crippen molar-refractivity contribution in [1.82, 2.24) is 4.57 Å². The molecule has 2 aromatic rings. The molecular formula is C16H23N3O3S. The highest BCUT2D eigenvalue weighted by molar-refractivity contribution is 7.90. The molecule has 0 spiro atoms. The second-order valence-corrected chi connectivity index (χ2v) is 8.06. The summed E-state index contributed by atoms with van der Waals surface area (Å²) in [5.74, 6) is -0.471. The van der Waals surface area contributed by atoms with Gasteiger partial charge in [-0.1, -0.05) is 6.92 Å². The Bertz CT molecular complexity index is 796. The third-order valence-corrected chi connectivity index (χ3v) is 4.62. The number of hydrogen-bond donors (Lipinski definition) is 2. The van der Waals surface area contributed by atoms with Crippen molar-refractivity contribution < 1.29 is 13.2 Å². The van der Waals surface area contributed by atoms with E-state index >= 15 is 0 Å². The Kier molecular flexibility index (Phi) is 5.43. The zero-order valence-electron chi connectivity index (χ0n) is 13.5. The van der Waals surface area contributed by atoms with Crippen LogP contribution in [-0.4, -0.2) is 36.9 Å². The average molecular weight is 337 g/mol. The third-order valence-electron chi connectivity index (χ3n) is 3.64. The molecule has 0 aliphatic rings. The van der Waals surface area contributed by atoms with Gasteiger partial charge in [0.2, 0.25) is 5.91 Å². The number of fused-ring (bicyclic) bond motifs is 1. The van der Waals surface area contributed by atoms with Gasteiger partial charge < -0.3 is 15.6 Å². The number of rotatable bonds is 7. The largest absolute Gasteiger partial charge is 0.347 e. The highest BCUT2D eigenvalue weighted by Gasteiger charge is 2.16. The van der Waals surface area contributed by atoms with Gasteiger partial charge in [-0.25, -0.2) is 8.42 Å². The Morgan fingerprint density at radius 1 is 1.35 bits per heavy atom. The van der Waals surface area contributed by atoms with E-state index in [4.69, 9.17) is 5.73 Å². The fraction of sp³-hybridized carbons (Fsp3) is 0.438. The fourth-order valence-electron chi connectivity index (χ4n) is 2.42. The normalized spacial score (nSPS) is 13.2. The van der Waals surface area contributed by atoms with Crippen molar-refractivity contribution in [3.63, 3.8) is 0 Å². The van der Waals surface area contributed by atoms with Gasteiger partial charge in [0, 0.05) is 35.6 Å². The molecule has 0 bridgehead atoms. The SMILES string of the molecule is CCCn1ccc2cc(NC(=O)C(N)CCS(C)(=O)=O)ccc21. The van der Waals surface area contributed by atoms with Crippen LogP contribution < -0.4 is 11.1 Å². The predicted octanol–water partition coefficient (Wildman–Crippen LogP) is 1.75. The molecule has 126 valence electrons. The highest BCUT2D eigenvalue weighted by Crippen LogP contribution is 2.21. The number of nitrogens with zero attached hydrogens (tertiary/aromatic N) is 1. The molecule has 0 radical (unpaired) electrons. The Balaban J connectivity index is 2.05. The number of sulfone groups is 1. The van der Waals surface area contributed by atoms with E-state index in [9.17, 15) is 13.2 Å². The van der Waals surface area contributed by atoms with Crippen LogP contribution in [0.3, 0.4) is 0 Å². The minimum absolute atomic E-state index is 0.0967. The molecule has 0 aliphatic carbocycles. The number of anilines is 1. The van der Waals surface area contributed by atoms with Gasteiger partial charge in [-0.2, -0.15) is 0 Å². The van der Waals surface area contributed by atoms with Crippen LogP contribution in [0.5, 0.6) is 0 Å². The maximum Gasteiger partial charge on any atom is 0.241 e. The van der Waals surface area contributed by atoms with Crippen LogP contribution in [0.15, 0.2) is 30.5 Å². The van der Waals surface area contributed by atoms with E-state index in [0.29, 0.717) is 5.69 Å². The summed E-state index contributed by atoms with van der Waals surface area (Å²) < 4.78 is 24.4. The lowest BCUT2D eigenvalue weighted by molar-refractivity contribution is -0.117. The molecular weight excluding hydrogens is 314 g/mol. The summed E-state index contributed by atoms with van der Waals surface area (Å²) in [6, 6.07) is 6.84. The lowest BCUT2D eigenvalue weighted by Gasteiger charge is -2.12. The van der Waals surface area contributed by atoms with Crippen molar-refractivity contribution in [3.05, 3.63) is 30.5 Å². The van der Waals surface area contributed by atoms with E-state index < -0.39 is 15.9 Å². The number of carbonyl (C=O) groups excluding carboxylic acids is 1. The fourth-order valence-corrected chi connectivity index (χ4v) is 3.10. The smallest absolute Gasteiger partial charge is 0.241 e. The minimum atomic E-state index is -3.12. The standard InChI is InChI=1S/C16H23N3O3S/c1-3-8-19-9-6-12-11-13(4-5-15(12)19)18-16(20)14(17)7-10-23(2,21)22/h4-6,9,11,14H,3,7-8,10,17H2,1-2H3,(H,18,20). The van der Waals surface area contributed by atoms with Gasteiger partial charge in [0.05, 0.1) is 11.8 Å². The topological polar surface area (TPSA) is 94.2 Å². The first kappa shape index (κ1) is 17.5. The van der Waals surface area contributed by atoms with Crippen molar-refractivity contribution in [1.29, 1.82) is 0 Å². The van der Waals surface area contributed by atoms with Gasteiger partial charge >= 0.3 is 0 Å². The summed E-state index contributed by atoms with van der Waals surface area (Å²) in [5.41, 5.74) is 7.52. The lowest BCUT2D eigenvalue weighted by atomic mass is 10.2. The minimum Gasteiger partial charge on any atom is -0.347 e. The molecule has 1 aromatic heterocycles. The Hall–Kier alpha value is -1.86. The second kappa shape index (κ2) is 7.14. The molecule has 23 heavy (non-hydrogen) atoms. The number of aryl methyl sites for hydroxylation is 1. The van der Waals surface area contributed by atoms with Crippen LogP contribution in [0.25, 0.3) is 10.9 Å².